The number of nitriles is 1. The Morgan fingerprint density at radius 3 is 2.55 bits per heavy atom. The van der Waals surface area contributed by atoms with E-state index in [2.05, 4.69) is 15.0 Å². The molecule has 4 aromatic rings. The third-order valence-electron chi connectivity index (χ3n) is 6.67. The fraction of sp³-hybridized carbons (Fsp3) is 0.207. The molecule has 1 aliphatic rings. The topological polar surface area (TPSA) is 92.0 Å². The van der Waals surface area contributed by atoms with Crippen LogP contribution in [0.5, 0.6) is 5.75 Å². The molecule has 3 heterocycles. The molecule has 0 spiro atoms. The maximum Gasteiger partial charge on any atom is 0.416 e. The molecule has 0 fully saturated rings. The minimum Gasteiger partial charge on any atom is -0.497 e. The molecule has 1 aliphatic heterocycles. The molecular weight excluding hydrogens is 526 g/mol. The Hall–Kier alpha value is -4.85. The zero-order chi connectivity index (χ0) is 28.4. The SMILES string of the molecule is COc1ccc(CN2CCc3c(ccnc3-c3cc(C(C#N)c4cc(F)cc(C(F)(F)F)c4)ncn3)C2=O)cc1. The van der Waals surface area contributed by atoms with Crippen LogP contribution in [0.15, 0.2) is 67.1 Å². The van der Waals surface area contributed by atoms with Crippen molar-refractivity contribution in [2.24, 2.45) is 0 Å². The van der Waals surface area contributed by atoms with E-state index in [0.29, 0.717) is 48.1 Å². The summed E-state index contributed by atoms with van der Waals surface area (Å²) >= 11 is 0. The number of alkyl halides is 3. The number of carbonyl (C=O) groups excluding carboxylic acids is 1. The summed E-state index contributed by atoms with van der Waals surface area (Å²) in [7, 11) is 1.58. The van der Waals surface area contributed by atoms with Gasteiger partial charge in [0.1, 0.15) is 23.8 Å². The average Bonchev–Trinajstić information content (AvgIpc) is 2.94. The summed E-state index contributed by atoms with van der Waals surface area (Å²) in [6.45, 7) is 0.841. The van der Waals surface area contributed by atoms with Gasteiger partial charge in [0.2, 0.25) is 0 Å². The van der Waals surface area contributed by atoms with E-state index in [1.54, 1.807) is 18.1 Å². The third kappa shape index (κ3) is 5.33. The van der Waals surface area contributed by atoms with Crippen molar-refractivity contribution in [3.8, 4) is 23.2 Å². The van der Waals surface area contributed by atoms with Crippen LogP contribution in [0.2, 0.25) is 0 Å². The lowest BCUT2D eigenvalue weighted by atomic mass is 9.93. The number of benzene rings is 2. The molecule has 0 radical (unpaired) electrons. The number of amides is 1. The summed E-state index contributed by atoms with van der Waals surface area (Å²) in [5.41, 5.74) is 1.47. The largest absolute Gasteiger partial charge is 0.497 e. The molecule has 1 unspecified atom stereocenters. The zero-order valence-corrected chi connectivity index (χ0v) is 21.1. The summed E-state index contributed by atoms with van der Waals surface area (Å²) in [6, 6.07) is 14.4. The number of aromatic nitrogens is 3. The highest BCUT2D eigenvalue weighted by molar-refractivity contribution is 5.98. The predicted molar refractivity (Wildman–Crippen MR) is 136 cm³/mol. The lowest BCUT2D eigenvalue weighted by Crippen LogP contribution is -2.37. The van der Waals surface area contributed by atoms with Crippen LogP contribution in [0, 0.1) is 17.1 Å². The summed E-state index contributed by atoms with van der Waals surface area (Å²) in [6.07, 6.45) is -1.65. The van der Waals surface area contributed by atoms with Gasteiger partial charge in [-0.3, -0.25) is 9.78 Å². The maximum absolute atomic E-state index is 14.0. The Morgan fingerprint density at radius 1 is 1.07 bits per heavy atom. The molecular formula is C29H21F4N5O2. The van der Waals surface area contributed by atoms with Crippen molar-refractivity contribution < 1.29 is 27.1 Å². The van der Waals surface area contributed by atoms with Gasteiger partial charge in [0.25, 0.3) is 5.91 Å². The first kappa shape index (κ1) is 26.7. The first-order valence-electron chi connectivity index (χ1n) is 12.2. The quantitative estimate of drug-likeness (QED) is 0.294. The first-order valence-corrected chi connectivity index (χ1v) is 12.2. The fourth-order valence-corrected chi connectivity index (χ4v) is 4.70. The summed E-state index contributed by atoms with van der Waals surface area (Å²) in [5, 5.41) is 9.80. The summed E-state index contributed by atoms with van der Waals surface area (Å²) in [4.78, 5) is 27.8. The van der Waals surface area contributed by atoms with E-state index in [4.69, 9.17) is 4.74 Å². The van der Waals surface area contributed by atoms with Crippen molar-refractivity contribution in [1.29, 1.82) is 5.26 Å². The molecule has 1 atom stereocenters. The van der Waals surface area contributed by atoms with E-state index in [-0.39, 0.29) is 17.2 Å². The first-order chi connectivity index (χ1) is 19.2. The van der Waals surface area contributed by atoms with Crippen LogP contribution in [0.1, 0.15) is 44.2 Å². The van der Waals surface area contributed by atoms with Crippen LogP contribution < -0.4 is 4.74 Å². The van der Waals surface area contributed by atoms with Crippen molar-refractivity contribution in [2.75, 3.05) is 13.7 Å². The lowest BCUT2D eigenvalue weighted by Gasteiger charge is -2.29. The van der Waals surface area contributed by atoms with E-state index in [9.17, 15) is 27.6 Å². The number of hydrogen-bond donors (Lipinski definition) is 0. The molecule has 0 saturated heterocycles. The third-order valence-corrected chi connectivity index (χ3v) is 6.67. The van der Waals surface area contributed by atoms with Crippen LogP contribution in [-0.2, 0) is 19.1 Å². The maximum atomic E-state index is 14.0. The molecule has 1 amide bonds. The van der Waals surface area contributed by atoms with Gasteiger partial charge in [0.15, 0.2) is 0 Å². The average molecular weight is 548 g/mol. The van der Waals surface area contributed by atoms with Crippen molar-refractivity contribution in [3.63, 3.8) is 0 Å². The van der Waals surface area contributed by atoms with Gasteiger partial charge in [-0.25, -0.2) is 14.4 Å². The van der Waals surface area contributed by atoms with Crippen molar-refractivity contribution >= 4 is 5.91 Å². The molecule has 2 aromatic heterocycles. The molecule has 0 bridgehead atoms. The van der Waals surface area contributed by atoms with Crippen LogP contribution >= 0.6 is 0 Å². The number of nitrogens with zero attached hydrogens (tertiary/aromatic N) is 5. The number of rotatable bonds is 6. The standard InChI is InChI=1S/C29H21F4N5O2/c1-40-21-4-2-17(3-5-21)15-38-9-7-22-23(28(38)39)6-8-35-27(22)26-13-25(36-16-37-26)24(14-34)18-10-19(29(31,32)33)12-20(30)11-18/h2-6,8,10-13,16,24H,7,9,15H2,1H3. The molecule has 11 heteroatoms. The van der Waals surface area contributed by atoms with E-state index < -0.39 is 23.5 Å². The van der Waals surface area contributed by atoms with Gasteiger partial charge in [-0.15, -0.1) is 0 Å². The van der Waals surface area contributed by atoms with Crippen LogP contribution in [-0.4, -0.2) is 39.4 Å². The zero-order valence-electron chi connectivity index (χ0n) is 21.1. The van der Waals surface area contributed by atoms with E-state index in [1.165, 1.54) is 18.6 Å². The van der Waals surface area contributed by atoms with Crippen LogP contribution in [0.4, 0.5) is 17.6 Å². The molecule has 0 aliphatic carbocycles. The van der Waals surface area contributed by atoms with Gasteiger partial charge < -0.3 is 9.64 Å². The number of ether oxygens (including phenoxy) is 1. The predicted octanol–water partition coefficient (Wildman–Crippen LogP) is 5.56. The monoisotopic (exact) mass is 547 g/mol. The Kier molecular flexibility index (Phi) is 7.17. The van der Waals surface area contributed by atoms with E-state index in [0.717, 1.165) is 23.4 Å². The fourth-order valence-electron chi connectivity index (χ4n) is 4.70. The highest BCUT2D eigenvalue weighted by Crippen LogP contribution is 2.34. The van der Waals surface area contributed by atoms with E-state index >= 15 is 0 Å². The normalized spacial score (nSPS) is 13.9. The number of methoxy groups -OCH3 is 1. The number of fused-ring (bicyclic) bond motifs is 1. The second kappa shape index (κ2) is 10.7. The van der Waals surface area contributed by atoms with Gasteiger partial charge in [-0.05, 0) is 65.6 Å². The van der Waals surface area contributed by atoms with Crippen LogP contribution in [0.3, 0.4) is 0 Å². The minimum absolute atomic E-state index is 0.0777. The molecule has 5 rings (SSSR count). The van der Waals surface area contributed by atoms with Crippen molar-refractivity contribution in [1.82, 2.24) is 19.9 Å². The van der Waals surface area contributed by atoms with Gasteiger partial charge in [0, 0.05) is 24.8 Å². The Labute approximate surface area is 226 Å². The second-order valence-electron chi connectivity index (χ2n) is 9.17. The minimum atomic E-state index is -4.78. The number of hydrogen-bond acceptors (Lipinski definition) is 6. The van der Waals surface area contributed by atoms with Gasteiger partial charge in [-0.2, -0.15) is 18.4 Å². The van der Waals surface area contributed by atoms with Crippen LogP contribution in [0.25, 0.3) is 11.4 Å². The highest BCUT2D eigenvalue weighted by atomic mass is 19.4. The van der Waals surface area contributed by atoms with Gasteiger partial charge in [0.05, 0.1) is 35.8 Å². The van der Waals surface area contributed by atoms with Crippen molar-refractivity contribution in [2.45, 2.75) is 25.1 Å². The molecule has 0 saturated carbocycles. The molecule has 7 nitrogen and oxygen atoms in total. The summed E-state index contributed by atoms with van der Waals surface area (Å²) in [5.74, 6) is -1.87. The molecule has 40 heavy (non-hydrogen) atoms. The Bertz CT molecular complexity index is 1620. The number of carbonyl (C=O) groups is 1. The summed E-state index contributed by atoms with van der Waals surface area (Å²) < 4.78 is 59.0. The molecule has 2 aromatic carbocycles. The van der Waals surface area contributed by atoms with E-state index in [1.807, 2.05) is 30.3 Å². The number of pyridine rings is 1. The smallest absolute Gasteiger partial charge is 0.416 e. The lowest BCUT2D eigenvalue weighted by molar-refractivity contribution is -0.137. The Morgan fingerprint density at radius 2 is 1.85 bits per heavy atom. The van der Waals surface area contributed by atoms with Gasteiger partial charge >= 0.3 is 6.18 Å². The second-order valence-corrected chi connectivity index (χ2v) is 9.17. The molecule has 0 N–H and O–H groups in total. The molecule has 202 valence electrons. The van der Waals surface area contributed by atoms with Crippen molar-refractivity contribution in [3.05, 3.63) is 106 Å². The van der Waals surface area contributed by atoms with Gasteiger partial charge in [-0.1, -0.05) is 12.1 Å². The number of halogens is 4. The Balaban J connectivity index is 1.45. The highest BCUT2D eigenvalue weighted by Gasteiger charge is 2.33.